The molecular formula is C47H43N3O. The first-order chi connectivity index (χ1) is 24.9. The SMILES string of the molecule is CC1CC=CC=C1C1=CC(C2=CCC(C)C(c3ccccc3)=C2)=NC(c2ccc3c(ccc4ccc5c(c43)N(C)C(c3ccccc3)O5)c2)N1C. The van der Waals surface area contributed by atoms with Crippen molar-refractivity contribution in [1.82, 2.24) is 4.90 Å². The number of hydrogen-bond donors (Lipinski definition) is 0. The molecule has 252 valence electrons. The first-order valence-electron chi connectivity index (χ1n) is 18.3. The van der Waals surface area contributed by atoms with E-state index in [1.807, 2.05) is 0 Å². The molecule has 0 fully saturated rings. The van der Waals surface area contributed by atoms with Gasteiger partial charge >= 0.3 is 0 Å². The number of fused-ring (bicyclic) bond motifs is 5. The zero-order valence-corrected chi connectivity index (χ0v) is 29.8. The summed E-state index contributed by atoms with van der Waals surface area (Å²) >= 11 is 0. The maximum Gasteiger partial charge on any atom is 0.198 e. The highest BCUT2D eigenvalue weighted by atomic mass is 16.5. The lowest BCUT2D eigenvalue weighted by Crippen LogP contribution is -2.31. The second kappa shape index (κ2) is 12.6. The van der Waals surface area contributed by atoms with Crippen molar-refractivity contribution >= 4 is 38.5 Å². The molecule has 4 nitrogen and oxygen atoms in total. The standard InChI is InChI=1S/C47H43N3O/c1-30-13-11-12-18-38(30)42-29-41(36-20-19-31(2)40(28-36)32-14-7-5-8-15-32)48-46(49(42)3)37-23-25-39-35(27-37)22-21-33-24-26-43-45(44(33)39)50(4)47(51-43)34-16-9-6-10-17-34/h5-12,14-18,20-31,46-47H,13,19H2,1-4H3. The van der Waals surface area contributed by atoms with Crippen molar-refractivity contribution in [2.45, 2.75) is 39.1 Å². The summed E-state index contributed by atoms with van der Waals surface area (Å²) in [5, 5.41) is 4.87. The summed E-state index contributed by atoms with van der Waals surface area (Å²) in [5.41, 5.74) is 11.0. The molecule has 0 radical (unpaired) electrons. The molecule has 0 aromatic heterocycles. The number of rotatable bonds is 5. The minimum absolute atomic E-state index is 0.157. The van der Waals surface area contributed by atoms with Crippen molar-refractivity contribution in [3.8, 4) is 5.75 Å². The van der Waals surface area contributed by atoms with Gasteiger partial charge < -0.3 is 14.5 Å². The number of benzene rings is 5. The van der Waals surface area contributed by atoms with E-state index in [1.54, 1.807) is 0 Å². The molecule has 0 saturated heterocycles. The van der Waals surface area contributed by atoms with Crippen molar-refractivity contribution < 1.29 is 4.74 Å². The molecule has 4 atom stereocenters. The van der Waals surface area contributed by atoms with Crippen LogP contribution in [0.2, 0.25) is 0 Å². The lowest BCUT2D eigenvalue weighted by Gasteiger charge is -2.37. The molecule has 51 heavy (non-hydrogen) atoms. The summed E-state index contributed by atoms with van der Waals surface area (Å²) in [6, 6.07) is 37.1. The average molecular weight is 666 g/mol. The summed E-state index contributed by atoms with van der Waals surface area (Å²) in [5.74, 6) is 1.81. The van der Waals surface area contributed by atoms with E-state index in [0.717, 1.165) is 35.6 Å². The lowest BCUT2D eigenvalue weighted by molar-refractivity contribution is 0.235. The van der Waals surface area contributed by atoms with Gasteiger partial charge in [0.1, 0.15) is 11.9 Å². The smallest absolute Gasteiger partial charge is 0.198 e. The Labute approximate surface area is 301 Å². The summed E-state index contributed by atoms with van der Waals surface area (Å²) in [7, 11) is 4.35. The van der Waals surface area contributed by atoms with Crippen molar-refractivity contribution in [2.75, 3.05) is 19.0 Å². The fourth-order valence-corrected chi connectivity index (χ4v) is 8.39. The van der Waals surface area contributed by atoms with Gasteiger partial charge in [0.15, 0.2) is 6.23 Å². The van der Waals surface area contributed by atoms with E-state index in [9.17, 15) is 0 Å². The molecule has 5 aromatic carbocycles. The zero-order chi connectivity index (χ0) is 34.6. The Bertz CT molecular complexity index is 2360. The van der Waals surface area contributed by atoms with E-state index >= 15 is 0 Å². The van der Waals surface area contributed by atoms with Crippen molar-refractivity contribution in [1.29, 1.82) is 0 Å². The molecule has 0 amide bonds. The summed E-state index contributed by atoms with van der Waals surface area (Å²) in [6.07, 6.45) is 15.6. The molecular weight excluding hydrogens is 623 g/mol. The fourth-order valence-electron chi connectivity index (χ4n) is 8.39. The Morgan fingerprint density at radius 2 is 1.45 bits per heavy atom. The van der Waals surface area contributed by atoms with E-state index in [0.29, 0.717) is 11.8 Å². The van der Waals surface area contributed by atoms with Gasteiger partial charge in [0.25, 0.3) is 0 Å². The largest absolute Gasteiger partial charge is 0.464 e. The molecule has 2 aliphatic heterocycles. The van der Waals surface area contributed by atoms with Crippen LogP contribution >= 0.6 is 0 Å². The van der Waals surface area contributed by atoms with E-state index in [4.69, 9.17) is 9.73 Å². The van der Waals surface area contributed by atoms with Crippen LogP contribution in [-0.4, -0.2) is 24.7 Å². The molecule has 9 rings (SSSR count). The van der Waals surface area contributed by atoms with E-state index in [2.05, 4.69) is 177 Å². The number of anilines is 1. The zero-order valence-electron chi connectivity index (χ0n) is 29.8. The van der Waals surface area contributed by atoms with Gasteiger partial charge in [0.05, 0.1) is 11.4 Å². The van der Waals surface area contributed by atoms with Gasteiger partial charge in [-0.05, 0) is 93.0 Å². The van der Waals surface area contributed by atoms with Crippen molar-refractivity contribution in [2.24, 2.45) is 16.8 Å². The first-order valence-corrected chi connectivity index (χ1v) is 18.3. The average Bonchev–Trinajstić information content (AvgIpc) is 3.52. The molecule has 0 N–H and O–H groups in total. The molecule has 5 aromatic rings. The summed E-state index contributed by atoms with van der Waals surface area (Å²) in [4.78, 5) is 10.2. The van der Waals surface area contributed by atoms with E-state index in [1.165, 1.54) is 55.1 Å². The van der Waals surface area contributed by atoms with E-state index < -0.39 is 0 Å². The van der Waals surface area contributed by atoms with Crippen LogP contribution in [0.5, 0.6) is 5.75 Å². The predicted octanol–water partition coefficient (Wildman–Crippen LogP) is 11.4. The molecule has 0 saturated carbocycles. The van der Waals surface area contributed by atoms with E-state index in [-0.39, 0.29) is 12.4 Å². The second-order valence-electron chi connectivity index (χ2n) is 14.5. The minimum atomic E-state index is -0.164. The number of likely N-dealkylation sites (N-methyl/N-ethyl adjacent to an activating group) is 1. The first kappa shape index (κ1) is 31.4. The highest BCUT2D eigenvalue weighted by Gasteiger charge is 2.33. The summed E-state index contributed by atoms with van der Waals surface area (Å²) in [6.45, 7) is 4.66. The Hall–Kier alpha value is -5.61. The highest BCUT2D eigenvalue weighted by molar-refractivity contribution is 6.16. The van der Waals surface area contributed by atoms with Crippen LogP contribution in [0.15, 0.2) is 161 Å². The molecule has 4 heteroatoms. The monoisotopic (exact) mass is 665 g/mol. The number of aliphatic imine (C=N–C) groups is 1. The van der Waals surface area contributed by atoms with Gasteiger partial charge in [-0.1, -0.05) is 129 Å². The van der Waals surface area contributed by atoms with Crippen LogP contribution in [0.25, 0.3) is 27.1 Å². The molecule has 2 heterocycles. The molecule has 2 aliphatic carbocycles. The van der Waals surface area contributed by atoms with Crippen LogP contribution in [0.3, 0.4) is 0 Å². The number of ether oxygens (including phenoxy) is 1. The van der Waals surface area contributed by atoms with Gasteiger partial charge in [-0.2, -0.15) is 0 Å². The topological polar surface area (TPSA) is 28.1 Å². The fraction of sp³-hybridized carbons (Fsp3) is 0.213. The number of nitrogens with zero attached hydrogens (tertiary/aromatic N) is 3. The van der Waals surface area contributed by atoms with Gasteiger partial charge in [0.2, 0.25) is 0 Å². The van der Waals surface area contributed by atoms with Crippen LogP contribution in [0.1, 0.15) is 55.8 Å². The third kappa shape index (κ3) is 5.41. The Morgan fingerprint density at radius 3 is 2.25 bits per heavy atom. The minimum Gasteiger partial charge on any atom is -0.464 e. The van der Waals surface area contributed by atoms with Crippen molar-refractivity contribution in [3.63, 3.8) is 0 Å². The van der Waals surface area contributed by atoms with Crippen LogP contribution in [0.4, 0.5) is 5.69 Å². The number of hydrogen-bond acceptors (Lipinski definition) is 4. The highest BCUT2D eigenvalue weighted by Crippen LogP contribution is 2.49. The normalized spacial score (nSPS) is 22.9. The third-order valence-corrected chi connectivity index (χ3v) is 11.2. The predicted molar refractivity (Wildman–Crippen MR) is 213 cm³/mol. The Balaban J connectivity index is 1.15. The quantitative estimate of drug-likeness (QED) is 0.175. The van der Waals surface area contributed by atoms with Gasteiger partial charge in [-0.25, -0.2) is 0 Å². The Morgan fingerprint density at radius 1 is 0.706 bits per heavy atom. The van der Waals surface area contributed by atoms with Crippen LogP contribution in [0, 0.1) is 11.8 Å². The maximum absolute atomic E-state index is 6.56. The molecule has 4 aliphatic rings. The number of allylic oxidation sites excluding steroid dienone is 9. The Kier molecular flexibility index (Phi) is 7.76. The molecule has 0 spiro atoms. The molecule has 0 bridgehead atoms. The van der Waals surface area contributed by atoms with Gasteiger partial charge in [-0.3, -0.25) is 4.99 Å². The van der Waals surface area contributed by atoms with Gasteiger partial charge in [-0.15, -0.1) is 0 Å². The second-order valence-corrected chi connectivity index (χ2v) is 14.5. The van der Waals surface area contributed by atoms with Crippen molar-refractivity contribution in [3.05, 3.63) is 173 Å². The van der Waals surface area contributed by atoms with Crippen LogP contribution < -0.4 is 9.64 Å². The third-order valence-electron chi connectivity index (χ3n) is 11.2. The van der Waals surface area contributed by atoms with Gasteiger partial charge in [0, 0.05) is 30.7 Å². The maximum atomic E-state index is 6.56. The van der Waals surface area contributed by atoms with Crippen LogP contribution in [-0.2, 0) is 0 Å². The summed E-state index contributed by atoms with van der Waals surface area (Å²) < 4.78 is 6.56. The molecule has 4 unspecified atom stereocenters. The lowest BCUT2D eigenvalue weighted by atomic mass is 9.83.